The van der Waals surface area contributed by atoms with E-state index in [9.17, 15) is 4.79 Å². The number of carbonyl (C=O) groups excluding carboxylic acids is 1. The first-order valence-corrected chi connectivity index (χ1v) is 9.14. The quantitative estimate of drug-likeness (QED) is 0.726. The van der Waals surface area contributed by atoms with Crippen LogP contribution < -0.4 is 0 Å². The van der Waals surface area contributed by atoms with Gasteiger partial charge in [-0.05, 0) is 38.5 Å². The van der Waals surface area contributed by atoms with E-state index in [1.807, 2.05) is 18.0 Å². The Morgan fingerprint density at radius 1 is 1.35 bits per heavy atom. The molecule has 1 saturated heterocycles. The molecule has 0 bridgehead atoms. The lowest BCUT2D eigenvalue weighted by Crippen LogP contribution is -2.40. The van der Waals surface area contributed by atoms with E-state index in [0.29, 0.717) is 25.6 Å². The predicted octanol–water partition coefficient (Wildman–Crippen LogP) is 2.82. The van der Waals surface area contributed by atoms with Gasteiger partial charge in [0.2, 0.25) is 5.91 Å². The van der Waals surface area contributed by atoms with Gasteiger partial charge in [0.25, 0.3) is 0 Å². The fraction of sp³-hybridized carbons (Fsp3) is 0.778. The fourth-order valence-electron chi connectivity index (χ4n) is 3.66. The van der Waals surface area contributed by atoms with Crippen molar-refractivity contribution in [2.24, 2.45) is 5.92 Å². The van der Waals surface area contributed by atoms with Gasteiger partial charge in [-0.25, -0.2) is 4.98 Å². The van der Waals surface area contributed by atoms with Crippen LogP contribution >= 0.6 is 0 Å². The molecule has 5 heteroatoms. The van der Waals surface area contributed by atoms with Crippen molar-refractivity contribution in [3.63, 3.8) is 0 Å². The monoisotopic (exact) mass is 319 g/mol. The highest BCUT2D eigenvalue weighted by molar-refractivity contribution is 5.76. The van der Waals surface area contributed by atoms with Gasteiger partial charge in [0, 0.05) is 44.6 Å². The zero-order valence-corrected chi connectivity index (χ0v) is 14.2. The average molecular weight is 319 g/mol. The molecule has 1 aliphatic heterocycles. The topological polar surface area (TPSA) is 47.4 Å². The molecule has 2 fully saturated rings. The van der Waals surface area contributed by atoms with Crippen LogP contribution in [0.15, 0.2) is 12.4 Å². The second-order valence-corrected chi connectivity index (χ2v) is 6.86. The number of rotatable bonds is 7. The van der Waals surface area contributed by atoms with Crippen molar-refractivity contribution in [3.8, 4) is 0 Å². The molecule has 1 aromatic rings. The van der Waals surface area contributed by atoms with Crippen LogP contribution in [0.25, 0.3) is 0 Å². The molecule has 1 aromatic heterocycles. The first-order chi connectivity index (χ1) is 11.3. The second kappa shape index (κ2) is 7.95. The summed E-state index contributed by atoms with van der Waals surface area (Å²) in [5, 5.41) is 0. The average Bonchev–Trinajstić information content (AvgIpc) is 2.99. The molecule has 23 heavy (non-hydrogen) atoms. The van der Waals surface area contributed by atoms with Crippen molar-refractivity contribution in [1.82, 2.24) is 14.5 Å². The van der Waals surface area contributed by atoms with Gasteiger partial charge in [-0.3, -0.25) is 4.79 Å². The maximum Gasteiger partial charge on any atom is 0.224 e. The van der Waals surface area contributed by atoms with Gasteiger partial charge in [-0.2, -0.15) is 0 Å². The Kier molecular flexibility index (Phi) is 5.70. The van der Waals surface area contributed by atoms with Gasteiger partial charge >= 0.3 is 0 Å². The largest absolute Gasteiger partial charge is 0.381 e. The molecule has 0 N–H and O–H groups in total. The number of carbonyl (C=O) groups is 1. The number of likely N-dealkylation sites (tertiary alicyclic amines) is 1. The SMILES string of the molecule is CCOCCC(=O)N1CCC[C@@H](c2nccn2CC2CCC2)C1. The Hall–Kier alpha value is -1.36. The van der Waals surface area contributed by atoms with Crippen LogP contribution in [-0.2, 0) is 16.1 Å². The lowest BCUT2D eigenvalue weighted by Gasteiger charge is -2.33. The molecule has 5 nitrogen and oxygen atoms in total. The standard InChI is InChI=1S/C18H29N3O2/c1-2-23-12-8-17(22)20-10-4-7-16(14-20)18-19-9-11-21(18)13-15-5-3-6-15/h9,11,15-16H,2-8,10,12-14H2,1H3/t16-/m1/s1. The molecule has 1 saturated carbocycles. The normalized spacial score (nSPS) is 22.1. The van der Waals surface area contributed by atoms with E-state index in [0.717, 1.165) is 38.4 Å². The molecular formula is C18H29N3O2. The van der Waals surface area contributed by atoms with E-state index in [2.05, 4.69) is 15.7 Å². The minimum absolute atomic E-state index is 0.222. The molecule has 128 valence electrons. The van der Waals surface area contributed by atoms with Crippen molar-refractivity contribution in [3.05, 3.63) is 18.2 Å². The van der Waals surface area contributed by atoms with Gasteiger partial charge in [0.15, 0.2) is 0 Å². The zero-order valence-electron chi connectivity index (χ0n) is 14.2. The van der Waals surface area contributed by atoms with E-state index in [4.69, 9.17) is 4.74 Å². The molecule has 1 amide bonds. The van der Waals surface area contributed by atoms with Crippen LogP contribution in [0, 0.1) is 5.92 Å². The maximum atomic E-state index is 12.3. The summed E-state index contributed by atoms with van der Waals surface area (Å²) >= 11 is 0. The summed E-state index contributed by atoms with van der Waals surface area (Å²) in [5.41, 5.74) is 0. The number of amides is 1. The molecule has 3 rings (SSSR count). The van der Waals surface area contributed by atoms with Gasteiger partial charge in [-0.1, -0.05) is 6.42 Å². The van der Waals surface area contributed by atoms with Gasteiger partial charge < -0.3 is 14.2 Å². The van der Waals surface area contributed by atoms with Crippen molar-refractivity contribution < 1.29 is 9.53 Å². The van der Waals surface area contributed by atoms with Crippen LogP contribution in [0.5, 0.6) is 0 Å². The number of aromatic nitrogens is 2. The van der Waals surface area contributed by atoms with Crippen molar-refractivity contribution >= 4 is 5.91 Å². The smallest absolute Gasteiger partial charge is 0.224 e. The molecule has 0 radical (unpaired) electrons. The third-order valence-electron chi connectivity index (χ3n) is 5.23. The number of piperidine rings is 1. The van der Waals surface area contributed by atoms with Gasteiger partial charge in [-0.15, -0.1) is 0 Å². The molecule has 1 atom stereocenters. The van der Waals surface area contributed by atoms with Crippen molar-refractivity contribution in [1.29, 1.82) is 0 Å². The summed E-state index contributed by atoms with van der Waals surface area (Å²) in [6, 6.07) is 0. The summed E-state index contributed by atoms with van der Waals surface area (Å²) in [5.74, 6) is 2.62. The number of ether oxygens (including phenoxy) is 1. The van der Waals surface area contributed by atoms with E-state index in [1.165, 1.54) is 25.1 Å². The predicted molar refractivity (Wildman–Crippen MR) is 89.2 cm³/mol. The minimum Gasteiger partial charge on any atom is -0.381 e. The van der Waals surface area contributed by atoms with Gasteiger partial charge in [0.05, 0.1) is 13.0 Å². The summed E-state index contributed by atoms with van der Waals surface area (Å²) < 4.78 is 7.65. The van der Waals surface area contributed by atoms with Crippen LogP contribution in [0.1, 0.15) is 57.2 Å². The molecule has 2 heterocycles. The Balaban J connectivity index is 1.57. The summed E-state index contributed by atoms with van der Waals surface area (Å²) in [7, 11) is 0. The molecule has 1 aliphatic carbocycles. The van der Waals surface area contributed by atoms with Crippen molar-refractivity contribution in [2.75, 3.05) is 26.3 Å². The fourth-order valence-corrected chi connectivity index (χ4v) is 3.66. The third kappa shape index (κ3) is 4.14. The third-order valence-corrected chi connectivity index (χ3v) is 5.23. The molecule has 0 unspecified atom stereocenters. The lowest BCUT2D eigenvalue weighted by molar-refractivity contribution is -0.133. The summed E-state index contributed by atoms with van der Waals surface area (Å²) in [4.78, 5) is 19.0. The van der Waals surface area contributed by atoms with E-state index in [1.54, 1.807) is 0 Å². The Labute approximate surface area is 139 Å². The maximum absolute atomic E-state index is 12.3. The van der Waals surface area contributed by atoms with Crippen LogP contribution in [0.4, 0.5) is 0 Å². The van der Waals surface area contributed by atoms with Crippen LogP contribution in [-0.4, -0.2) is 46.7 Å². The Bertz CT molecular complexity index is 510. The van der Waals surface area contributed by atoms with Gasteiger partial charge in [0.1, 0.15) is 5.82 Å². The molecule has 0 aromatic carbocycles. The molecule has 2 aliphatic rings. The van der Waals surface area contributed by atoms with E-state index < -0.39 is 0 Å². The second-order valence-electron chi connectivity index (χ2n) is 6.86. The first kappa shape index (κ1) is 16.5. The van der Waals surface area contributed by atoms with Crippen LogP contribution in [0.3, 0.4) is 0 Å². The summed E-state index contributed by atoms with van der Waals surface area (Å²) in [6.45, 7) is 5.96. The Morgan fingerprint density at radius 2 is 2.22 bits per heavy atom. The lowest BCUT2D eigenvalue weighted by atomic mass is 9.85. The molecule has 0 spiro atoms. The first-order valence-electron chi connectivity index (χ1n) is 9.14. The number of hydrogen-bond donors (Lipinski definition) is 0. The summed E-state index contributed by atoms with van der Waals surface area (Å²) in [6.07, 6.45) is 10.8. The highest BCUT2D eigenvalue weighted by atomic mass is 16.5. The number of imidazole rings is 1. The van der Waals surface area contributed by atoms with Crippen LogP contribution in [0.2, 0.25) is 0 Å². The Morgan fingerprint density at radius 3 is 2.96 bits per heavy atom. The minimum atomic E-state index is 0.222. The van der Waals surface area contributed by atoms with Crippen molar-refractivity contribution in [2.45, 2.75) is 57.9 Å². The van der Waals surface area contributed by atoms with E-state index in [-0.39, 0.29) is 5.91 Å². The number of nitrogens with zero attached hydrogens (tertiary/aromatic N) is 3. The molecular weight excluding hydrogens is 290 g/mol. The number of hydrogen-bond acceptors (Lipinski definition) is 3. The van der Waals surface area contributed by atoms with E-state index >= 15 is 0 Å². The highest BCUT2D eigenvalue weighted by Gasteiger charge is 2.28. The zero-order chi connectivity index (χ0) is 16.1. The highest BCUT2D eigenvalue weighted by Crippen LogP contribution is 2.31.